The Morgan fingerprint density at radius 2 is 2.19 bits per heavy atom. The van der Waals surface area contributed by atoms with Gasteiger partial charge in [0.1, 0.15) is 6.10 Å². The Bertz CT molecular complexity index is 585. The van der Waals surface area contributed by atoms with Crippen LogP contribution in [0.25, 0.3) is 0 Å². The molecule has 0 spiro atoms. The summed E-state index contributed by atoms with van der Waals surface area (Å²) >= 11 is 0. The minimum Gasteiger partial charge on any atom is -0.460 e. The molecule has 4 nitrogen and oxygen atoms in total. The monoisotopic (exact) mass is 294 g/mol. The van der Waals surface area contributed by atoms with E-state index in [1.165, 1.54) is 18.2 Å². The Morgan fingerprint density at radius 3 is 2.86 bits per heavy atom. The Hall–Kier alpha value is -2.24. The van der Waals surface area contributed by atoms with Crippen molar-refractivity contribution in [2.45, 2.75) is 32.4 Å². The Labute approximate surface area is 121 Å². The molecule has 0 N–H and O–H groups in total. The molecule has 0 amide bonds. The summed E-state index contributed by atoms with van der Waals surface area (Å²) in [7, 11) is 0. The van der Waals surface area contributed by atoms with Gasteiger partial charge in [0.2, 0.25) is 0 Å². The second-order valence-corrected chi connectivity index (χ2v) is 4.75. The van der Waals surface area contributed by atoms with E-state index in [-0.39, 0.29) is 18.1 Å². The lowest BCUT2D eigenvalue weighted by atomic mass is 10.1. The van der Waals surface area contributed by atoms with Crippen LogP contribution in [-0.4, -0.2) is 21.9 Å². The lowest BCUT2D eigenvalue weighted by Gasteiger charge is -2.13. The first-order valence-corrected chi connectivity index (χ1v) is 6.58. The van der Waals surface area contributed by atoms with Gasteiger partial charge in [-0.25, -0.2) is 8.78 Å². The number of rotatable bonds is 6. The first kappa shape index (κ1) is 15.2. The van der Waals surface area contributed by atoms with Crippen molar-refractivity contribution < 1.29 is 18.3 Å². The highest BCUT2D eigenvalue weighted by atomic mass is 19.3. The molecule has 2 rings (SSSR count). The van der Waals surface area contributed by atoms with Crippen molar-refractivity contribution in [1.29, 1.82) is 0 Å². The summed E-state index contributed by atoms with van der Waals surface area (Å²) in [5.41, 5.74) is 0.425. The van der Waals surface area contributed by atoms with Crippen LogP contribution in [0.2, 0.25) is 0 Å². The highest BCUT2D eigenvalue weighted by molar-refractivity contribution is 5.72. The first-order valence-electron chi connectivity index (χ1n) is 6.58. The Morgan fingerprint density at radius 1 is 1.38 bits per heavy atom. The second kappa shape index (κ2) is 6.97. The molecule has 0 aliphatic rings. The topological polar surface area (TPSA) is 44.1 Å². The van der Waals surface area contributed by atoms with Crippen LogP contribution in [0, 0.1) is 0 Å². The fraction of sp³-hybridized carbons (Fsp3) is 0.333. The van der Waals surface area contributed by atoms with Gasteiger partial charge in [0.15, 0.2) is 0 Å². The molecule has 0 aliphatic carbocycles. The van der Waals surface area contributed by atoms with E-state index < -0.39 is 12.4 Å². The number of ether oxygens (including phenoxy) is 1. The maximum absolute atomic E-state index is 12.6. The van der Waals surface area contributed by atoms with Crippen LogP contribution in [0.4, 0.5) is 8.78 Å². The van der Waals surface area contributed by atoms with Gasteiger partial charge in [-0.3, -0.25) is 9.48 Å². The molecule has 0 fully saturated rings. The normalized spacial score (nSPS) is 12.4. The third kappa shape index (κ3) is 4.66. The van der Waals surface area contributed by atoms with Gasteiger partial charge in [-0.2, -0.15) is 5.10 Å². The van der Waals surface area contributed by atoms with Gasteiger partial charge in [-0.15, -0.1) is 0 Å². The zero-order valence-corrected chi connectivity index (χ0v) is 11.6. The molecular formula is C15H16F2N2O2. The number of halogens is 2. The molecule has 1 aromatic carbocycles. The minimum absolute atomic E-state index is 0.0238. The molecule has 1 heterocycles. The predicted molar refractivity (Wildman–Crippen MR) is 72.9 cm³/mol. The van der Waals surface area contributed by atoms with Crippen molar-refractivity contribution in [2.24, 2.45) is 0 Å². The zero-order valence-electron chi connectivity index (χ0n) is 11.6. The van der Waals surface area contributed by atoms with Crippen LogP contribution in [0.15, 0.2) is 42.7 Å². The van der Waals surface area contributed by atoms with E-state index >= 15 is 0 Å². The molecule has 21 heavy (non-hydrogen) atoms. The van der Waals surface area contributed by atoms with Gasteiger partial charge in [-0.05, 0) is 24.6 Å². The van der Waals surface area contributed by atoms with Crippen LogP contribution in [0.1, 0.15) is 24.5 Å². The molecule has 1 unspecified atom stereocenters. The van der Waals surface area contributed by atoms with Crippen molar-refractivity contribution in [3.63, 3.8) is 0 Å². The molecule has 6 heteroatoms. The zero-order chi connectivity index (χ0) is 15.2. The largest absolute Gasteiger partial charge is 0.460 e. The molecule has 0 radical (unpaired) electrons. The van der Waals surface area contributed by atoms with Gasteiger partial charge in [0, 0.05) is 18.0 Å². The molecule has 0 aliphatic heterocycles. The first-order chi connectivity index (χ1) is 10.0. The van der Waals surface area contributed by atoms with Gasteiger partial charge in [0.05, 0.1) is 13.0 Å². The molecular weight excluding hydrogens is 278 g/mol. The Kier molecular flexibility index (Phi) is 5.03. The maximum Gasteiger partial charge on any atom is 0.310 e. The summed E-state index contributed by atoms with van der Waals surface area (Å²) in [4.78, 5) is 11.8. The van der Waals surface area contributed by atoms with Gasteiger partial charge in [-0.1, -0.05) is 18.2 Å². The van der Waals surface area contributed by atoms with Crippen molar-refractivity contribution in [2.75, 3.05) is 0 Å². The molecule has 1 atom stereocenters. The number of nitrogens with zero attached hydrogens (tertiary/aromatic N) is 2. The third-order valence-corrected chi connectivity index (χ3v) is 2.89. The summed E-state index contributed by atoms with van der Waals surface area (Å²) < 4.78 is 32.1. The average molecular weight is 294 g/mol. The standard InChI is InChI=1S/C15H16F2N2O2/c1-11(10-19-7-3-6-18-19)21-14(20)9-12-4-2-5-13(8-12)15(16)17/h2-8,11,15H,9-10H2,1H3. The van der Waals surface area contributed by atoms with Crippen molar-refractivity contribution in [1.82, 2.24) is 9.78 Å². The molecule has 0 bridgehead atoms. The van der Waals surface area contributed by atoms with Gasteiger partial charge >= 0.3 is 5.97 Å². The Balaban J connectivity index is 1.88. The number of aromatic nitrogens is 2. The molecule has 0 saturated carbocycles. The van der Waals surface area contributed by atoms with E-state index in [1.54, 1.807) is 36.1 Å². The summed E-state index contributed by atoms with van der Waals surface area (Å²) in [5.74, 6) is -0.443. The summed E-state index contributed by atoms with van der Waals surface area (Å²) in [6.45, 7) is 2.21. The summed E-state index contributed by atoms with van der Waals surface area (Å²) in [5, 5.41) is 4.02. The van der Waals surface area contributed by atoms with Crippen molar-refractivity contribution in [3.05, 3.63) is 53.9 Å². The third-order valence-electron chi connectivity index (χ3n) is 2.89. The van der Waals surface area contributed by atoms with Gasteiger partial charge < -0.3 is 4.74 Å². The SMILES string of the molecule is CC(Cn1cccn1)OC(=O)Cc1cccc(C(F)F)c1. The molecule has 1 aromatic heterocycles. The summed E-state index contributed by atoms with van der Waals surface area (Å²) in [6.07, 6.45) is 0.514. The quantitative estimate of drug-likeness (QED) is 0.769. The number of hydrogen-bond acceptors (Lipinski definition) is 3. The molecule has 2 aromatic rings. The lowest BCUT2D eigenvalue weighted by Crippen LogP contribution is -2.22. The number of carbonyl (C=O) groups excluding carboxylic acids is 1. The van der Waals surface area contributed by atoms with E-state index in [9.17, 15) is 13.6 Å². The second-order valence-electron chi connectivity index (χ2n) is 4.75. The van der Waals surface area contributed by atoms with Crippen LogP contribution in [-0.2, 0) is 22.5 Å². The van der Waals surface area contributed by atoms with E-state index in [2.05, 4.69) is 5.10 Å². The number of alkyl halides is 2. The van der Waals surface area contributed by atoms with E-state index in [0.29, 0.717) is 12.1 Å². The van der Waals surface area contributed by atoms with Crippen LogP contribution < -0.4 is 0 Å². The summed E-state index contributed by atoms with van der Waals surface area (Å²) in [6, 6.07) is 7.58. The van der Waals surface area contributed by atoms with Crippen molar-refractivity contribution >= 4 is 5.97 Å². The number of benzene rings is 1. The molecule has 112 valence electrons. The van der Waals surface area contributed by atoms with Crippen LogP contribution in [0.5, 0.6) is 0 Å². The van der Waals surface area contributed by atoms with Crippen LogP contribution in [0.3, 0.4) is 0 Å². The predicted octanol–water partition coefficient (Wildman–Crippen LogP) is 3.00. The molecule has 0 saturated heterocycles. The van der Waals surface area contributed by atoms with E-state index in [1.807, 2.05) is 0 Å². The number of hydrogen-bond donors (Lipinski definition) is 0. The van der Waals surface area contributed by atoms with E-state index in [0.717, 1.165) is 0 Å². The smallest absolute Gasteiger partial charge is 0.310 e. The van der Waals surface area contributed by atoms with E-state index in [4.69, 9.17) is 4.74 Å². The van der Waals surface area contributed by atoms with Gasteiger partial charge in [0.25, 0.3) is 6.43 Å². The lowest BCUT2D eigenvalue weighted by molar-refractivity contribution is -0.148. The fourth-order valence-corrected chi connectivity index (χ4v) is 1.98. The minimum atomic E-state index is -2.54. The number of carbonyl (C=O) groups is 1. The highest BCUT2D eigenvalue weighted by Crippen LogP contribution is 2.19. The highest BCUT2D eigenvalue weighted by Gasteiger charge is 2.13. The maximum atomic E-state index is 12.6. The van der Waals surface area contributed by atoms with Crippen LogP contribution >= 0.6 is 0 Å². The van der Waals surface area contributed by atoms with Crippen molar-refractivity contribution in [3.8, 4) is 0 Å². The average Bonchev–Trinajstić information content (AvgIpc) is 2.91. The number of esters is 1. The fourth-order valence-electron chi connectivity index (χ4n) is 1.98.